The summed E-state index contributed by atoms with van der Waals surface area (Å²) in [6.07, 6.45) is 0.709. The highest BCUT2D eigenvalue weighted by Gasteiger charge is 2.51. The van der Waals surface area contributed by atoms with Crippen molar-refractivity contribution in [3.8, 4) is 0 Å². The molecule has 0 atom stereocenters. The molecule has 2 heterocycles. The average Bonchev–Trinajstić information content (AvgIpc) is 2.87. The lowest BCUT2D eigenvalue weighted by Crippen LogP contribution is -2.50. The predicted molar refractivity (Wildman–Crippen MR) is 122 cm³/mol. The number of amides is 1. The molecule has 1 aromatic carbocycles. The zero-order valence-electron chi connectivity index (χ0n) is 19.9. The summed E-state index contributed by atoms with van der Waals surface area (Å²) in [5.74, 6) is 0. The first-order valence-corrected chi connectivity index (χ1v) is 11.0. The number of rotatable bonds is 3. The van der Waals surface area contributed by atoms with Crippen molar-refractivity contribution in [3.63, 3.8) is 0 Å². The molecule has 2 fully saturated rings. The molecule has 0 aromatic heterocycles. The Labute approximate surface area is 182 Å². The van der Waals surface area contributed by atoms with Crippen molar-refractivity contribution in [2.75, 3.05) is 31.1 Å². The number of benzene rings is 1. The first-order chi connectivity index (χ1) is 13.8. The molecule has 7 heteroatoms. The molecule has 6 nitrogen and oxygen atoms in total. The second-order valence-electron chi connectivity index (χ2n) is 10.3. The molecule has 0 unspecified atom stereocenters. The van der Waals surface area contributed by atoms with Crippen molar-refractivity contribution in [3.05, 3.63) is 23.8 Å². The number of carbonyl (C=O) groups excluding carboxylic acids is 1. The maximum atomic E-state index is 12.4. The average molecular weight is 416 g/mol. The maximum absolute atomic E-state index is 12.4. The summed E-state index contributed by atoms with van der Waals surface area (Å²) in [5, 5.41) is 0. The van der Waals surface area contributed by atoms with Crippen LogP contribution >= 0.6 is 0 Å². The zero-order valence-corrected chi connectivity index (χ0v) is 19.9. The van der Waals surface area contributed by atoms with Gasteiger partial charge in [0.1, 0.15) is 5.60 Å². The van der Waals surface area contributed by atoms with Crippen molar-refractivity contribution in [2.24, 2.45) is 0 Å². The number of nitrogens with zero attached hydrogens (tertiary/aromatic N) is 2. The van der Waals surface area contributed by atoms with Gasteiger partial charge in [-0.2, -0.15) is 0 Å². The topological polar surface area (TPSA) is 51.2 Å². The Bertz CT molecular complexity index is 764. The van der Waals surface area contributed by atoms with Crippen LogP contribution in [0.4, 0.5) is 10.5 Å². The van der Waals surface area contributed by atoms with Crippen LogP contribution in [0.25, 0.3) is 0 Å². The molecular formula is C23H37BN2O4. The maximum Gasteiger partial charge on any atom is 0.494 e. The number of ether oxygens (including phenoxy) is 1. The van der Waals surface area contributed by atoms with Crippen LogP contribution in [-0.4, -0.2) is 61.1 Å². The molecule has 2 saturated heterocycles. The van der Waals surface area contributed by atoms with Crippen LogP contribution in [0.2, 0.25) is 0 Å². The van der Waals surface area contributed by atoms with Crippen LogP contribution in [0.1, 0.15) is 61.0 Å². The van der Waals surface area contributed by atoms with Crippen LogP contribution in [0.3, 0.4) is 0 Å². The lowest BCUT2D eigenvalue weighted by Gasteiger charge is -2.37. The van der Waals surface area contributed by atoms with Gasteiger partial charge in [-0.15, -0.1) is 0 Å². The molecule has 0 radical (unpaired) electrons. The van der Waals surface area contributed by atoms with E-state index in [0.717, 1.165) is 30.7 Å². The summed E-state index contributed by atoms with van der Waals surface area (Å²) in [4.78, 5) is 16.5. The standard InChI is InChI=1S/C23H37BN2O4/c1-9-17-14-18(24-29-22(5,6)23(7,8)30-24)16-19(15-17)25-10-12-26(13-11-25)20(27)28-21(2,3)4/h14-16H,9-13H2,1-8H3. The van der Waals surface area contributed by atoms with Gasteiger partial charge in [0.25, 0.3) is 0 Å². The highest BCUT2D eigenvalue weighted by atomic mass is 16.7. The monoisotopic (exact) mass is 416 g/mol. The first-order valence-electron chi connectivity index (χ1n) is 11.0. The van der Waals surface area contributed by atoms with E-state index >= 15 is 0 Å². The lowest BCUT2D eigenvalue weighted by molar-refractivity contribution is 0.00578. The van der Waals surface area contributed by atoms with Crippen LogP contribution in [0.15, 0.2) is 18.2 Å². The van der Waals surface area contributed by atoms with E-state index in [0.29, 0.717) is 13.1 Å². The summed E-state index contributed by atoms with van der Waals surface area (Å²) in [7, 11) is -0.372. The van der Waals surface area contributed by atoms with Crippen LogP contribution < -0.4 is 10.4 Å². The number of carbonyl (C=O) groups is 1. The first kappa shape index (κ1) is 22.9. The van der Waals surface area contributed by atoms with Gasteiger partial charge in [-0.05, 0) is 78.0 Å². The summed E-state index contributed by atoms with van der Waals surface area (Å²) >= 11 is 0. The van der Waals surface area contributed by atoms with Gasteiger partial charge in [0.15, 0.2) is 0 Å². The highest BCUT2D eigenvalue weighted by molar-refractivity contribution is 6.62. The van der Waals surface area contributed by atoms with Gasteiger partial charge in [-0.25, -0.2) is 4.79 Å². The van der Waals surface area contributed by atoms with E-state index in [1.165, 1.54) is 5.56 Å². The smallest absolute Gasteiger partial charge is 0.444 e. The Morgan fingerprint density at radius 1 is 1.03 bits per heavy atom. The Kier molecular flexibility index (Phi) is 6.18. The molecule has 0 N–H and O–H groups in total. The molecule has 2 aliphatic heterocycles. The fourth-order valence-corrected chi connectivity index (χ4v) is 3.68. The number of hydrogen-bond donors (Lipinski definition) is 0. The van der Waals surface area contributed by atoms with Gasteiger partial charge in [0, 0.05) is 31.9 Å². The molecule has 166 valence electrons. The van der Waals surface area contributed by atoms with Gasteiger partial charge in [-0.1, -0.05) is 13.0 Å². The molecule has 2 aliphatic rings. The number of anilines is 1. The Balaban J connectivity index is 1.73. The molecule has 3 rings (SSSR count). The minimum atomic E-state index is -0.471. The second-order valence-corrected chi connectivity index (χ2v) is 10.3. The quantitative estimate of drug-likeness (QED) is 0.705. The molecule has 0 bridgehead atoms. The summed E-state index contributed by atoms with van der Waals surface area (Å²) < 4.78 is 18.1. The number of aryl methyl sites for hydroxylation is 1. The fourth-order valence-electron chi connectivity index (χ4n) is 3.68. The summed E-state index contributed by atoms with van der Waals surface area (Å²) in [6.45, 7) is 19.0. The van der Waals surface area contributed by atoms with E-state index in [2.05, 4.69) is 57.7 Å². The van der Waals surface area contributed by atoms with E-state index in [1.54, 1.807) is 4.90 Å². The molecule has 0 aliphatic carbocycles. The van der Waals surface area contributed by atoms with Gasteiger partial charge in [0.05, 0.1) is 11.2 Å². The Morgan fingerprint density at radius 3 is 2.10 bits per heavy atom. The Morgan fingerprint density at radius 2 is 1.60 bits per heavy atom. The van der Waals surface area contributed by atoms with Gasteiger partial charge < -0.3 is 23.8 Å². The Hall–Kier alpha value is -1.73. The molecule has 0 saturated carbocycles. The third kappa shape index (κ3) is 4.94. The predicted octanol–water partition coefficient (Wildman–Crippen LogP) is 3.61. The van der Waals surface area contributed by atoms with Crippen molar-refractivity contribution in [2.45, 2.75) is 78.6 Å². The summed E-state index contributed by atoms with van der Waals surface area (Å²) in [5.41, 5.74) is 2.27. The normalized spacial score (nSPS) is 21.1. The van der Waals surface area contributed by atoms with Gasteiger partial charge in [-0.3, -0.25) is 0 Å². The summed E-state index contributed by atoms with van der Waals surface area (Å²) in [6, 6.07) is 6.59. The van der Waals surface area contributed by atoms with E-state index in [9.17, 15) is 4.79 Å². The van der Waals surface area contributed by atoms with E-state index in [1.807, 2.05) is 20.8 Å². The fraction of sp³-hybridized carbons (Fsp3) is 0.696. The molecular weight excluding hydrogens is 379 g/mol. The van der Waals surface area contributed by atoms with Gasteiger partial charge >= 0.3 is 13.2 Å². The second kappa shape index (κ2) is 8.08. The van der Waals surface area contributed by atoms with Crippen LogP contribution in [0.5, 0.6) is 0 Å². The number of hydrogen-bond acceptors (Lipinski definition) is 5. The lowest BCUT2D eigenvalue weighted by atomic mass is 9.77. The minimum Gasteiger partial charge on any atom is -0.444 e. The molecule has 0 spiro atoms. The highest BCUT2D eigenvalue weighted by Crippen LogP contribution is 2.36. The molecule has 1 amide bonds. The minimum absolute atomic E-state index is 0.234. The van der Waals surface area contributed by atoms with Crippen molar-refractivity contribution in [1.29, 1.82) is 0 Å². The van der Waals surface area contributed by atoms with E-state index in [-0.39, 0.29) is 24.4 Å². The SMILES string of the molecule is CCc1cc(B2OC(C)(C)C(C)(C)O2)cc(N2CCN(C(=O)OC(C)(C)C)CC2)c1. The van der Waals surface area contributed by atoms with Crippen LogP contribution in [0, 0.1) is 0 Å². The van der Waals surface area contributed by atoms with E-state index in [4.69, 9.17) is 14.0 Å². The third-order valence-electron chi connectivity index (χ3n) is 6.23. The van der Waals surface area contributed by atoms with Crippen LogP contribution in [-0.2, 0) is 20.5 Å². The van der Waals surface area contributed by atoms with E-state index < -0.39 is 5.60 Å². The largest absolute Gasteiger partial charge is 0.494 e. The number of piperazine rings is 1. The van der Waals surface area contributed by atoms with Crippen molar-refractivity contribution >= 4 is 24.4 Å². The van der Waals surface area contributed by atoms with Gasteiger partial charge in [0.2, 0.25) is 0 Å². The third-order valence-corrected chi connectivity index (χ3v) is 6.23. The van der Waals surface area contributed by atoms with Crippen molar-refractivity contribution < 1.29 is 18.8 Å². The zero-order chi connectivity index (χ0) is 22.3. The molecule has 30 heavy (non-hydrogen) atoms. The molecule has 1 aromatic rings. The van der Waals surface area contributed by atoms with Crippen molar-refractivity contribution in [1.82, 2.24) is 4.90 Å².